The Balaban J connectivity index is 2.04. The smallest absolute Gasteiger partial charge is 0.271 e. The fourth-order valence-electron chi connectivity index (χ4n) is 2.28. The Hall–Kier alpha value is -1.33. The fraction of sp³-hybridized carbons (Fsp3) is 0.538. The third-order valence-electron chi connectivity index (χ3n) is 3.37. The molecule has 1 aliphatic rings. The van der Waals surface area contributed by atoms with Crippen LogP contribution in [0.5, 0.6) is 0 Å². The van der Waals surface area contributed by atoms with Crippen LogP contribution in [0.2, 0.25) is 5.02 Å². The average molecular weight is 284 g/mol. The Kier molecular flexibility index (Phi) is 4.61. The van der Waals surface area contributed by atoms with Gasteiger partial charge in [-0.2, -0.15) is 0 Å². The minimum Gasteiger partial charge on any atom is -0.381 e. The zero-order valence-electron chi connectivity index (χ0n) is 11.1. The monoisotopic (exact) mass is 283 g/mol. The van der Waals surface area contributed by atoms with Gasteiger partial charge in [-0.05, 0) is 31.4 Å². The molecule has 5 nitrogen and oxygen atoms in total. The number of carbonyl (C=O) groups excluding carboxylic acids is 1. The van der Waals surface area contributed by atoms with Crippen LogP contribution < -0.4 is 10.6 Å². The summed E-state index contributed by atoms with van der Waals surface area (Å²) in [7, 11) is 3.45. The molecule has 2 N–H and O–H groups in total. The van der Waals surface area contributed by atoms with Crippen LogP contribution in [0.3, 0.4) is 0 Å². The van der Waals surface area contributed by atoms with Crippen LogP contribution in [0.25, 0.3) is 0 Å². The molecule has 0 radical (unpaired) electrons. The molecule has 0 bridgehead atoms. The minimum atomic E-state index is -0.233. The normalized spacial score (nSPS) is 22.3. The molecular formula is C13H18ClN3O2. The number of aromatic nitrogens is 1. The highest BCUT2D eigenvalue weighted by atomic mass is 35.5. The molecule has 2 unspecified atom stereocenters. The third kappa shape index (κ3) is 3.36. The van der Waals surface area contributed by atoms with Gasteiger partial charge in [0.2, 0.25) is 0 Å². The third-order valence-corrected chi connectivity index (χ3v) is 3.68. The van der Waals surface area contributed by atoms with Crippen molar-refractivity contribution < 1.29 is 9.53 Å². The highest BCUT2D eigenvalue weighted by Gasteiger charge is 2.26. The van der Waals surface area contributed by atoms with E-state index in [1.807, 2.05) is 0 Å². The topological polar surface area (TPSA) is 63.2 Å². The van der Waals surface area contributed by atoms with Gasteiger partial charge >= 0.3 is 0 Å². The predicted octanol–water partition coefficient (Wildman–Crippen LogP) is 2.07. The summed E-state index contributed by atoms with van der Waals surface area (Å²) in [4.78, 5) is 16.3. The van der Waals surface area contributed by atoms with Gasteiger partial charge in [-0.25, -0.2) is 4.98 Å². The van der Waals surface area contributed by atoms with Crippen molar-refractivity contribution in [3.05, 3.63) is 22.8 Å². The van der Waals surface area contributed by atoms with Gasteiger partial charge in [-0.15, -0.1) is 0 Å². The maximum atomic E-state index is 12.2. The Bertz CT molecular complexity index is 467. The maximum Gasteiger partial charge on any atom is 0.271 e. The first-order valence-electron chi connectivity index (χ1n) is 6.32. The van der Waals surface area contributed by atoms with Crippen LogP contribution in [-0.2, 0) is 4.74 Å². The van der Waals surface area contributed by atoms with E-state index in [4.69, 9.17) is 16.3 Å². The number of carbonyl (C=O) groups is 1. The number of nitrogens with zero attached hydrogens (tertiary/aromatic N) is 1. The van der Waals surface area contributed by atoms with Gasteiger partial charge in [0.1, 0.15) is 11.5 Å². The van der Waals surface area contributed by atoms with E-state index in [1.165, 1.54) is 0 Å². The van der Waals surface area contributed by atoms with Crippen molar-refractivity contribution in [3.8, 4) is 0 Å². The van der Waals surface area contributed by atoms with Crippen LogP contribution in [0.15, 0.2) is 12.1 Å². The number of ether oxygens (including phenoxy) is 1. The zero-order chi connectivity index (χ0) is 13.8. The molecule has 6 heteroatoms. The van der Waals surface area contributed by atoms with Crippen molar-refractivity contribution in [2.24, 2.45) is 0 Å². The lowest BCUT2D eigenvalue weighted by Crippen LogP contribution is -2.34. The molecular weight excluding hydrogens is 266 g/mol. The van der Waals surface area contributed by atoms with Gasteiger partial charge in [0, 0.05) is 20.2 Å². The number of pyridine rings is 1. The second-order valence-corrected chi connectivity index (χ2v) is 5.03. The Morgan fingerprint density at radius 1 is 1.47 bits per heavy atom. The van der Waals surface area contributed by atoms with Crippen LogP contribution in [0.1, 0.15) is 29.8 Å². The Morgan fingerprint density at radius 2 is 2.26 bits per heavy atom. The summed E-state index contributed by atoms with van der Waals surface area (Å²) in [5.74, 6) is 0.389. The lowest BCUT2D eigenvalue weighted by Gasteiger charge is -2.13. The van der Waals surface area contributed by atoms with Gasteiger partial charge < -0.3 is 15.4 Å². The first-order chi connectivity index (χ1) is 9.13. The van der Waals surface area contributed by atoms with E-state index in [-0.39, 0.29) is 23.7 Å². The summed E-state index contributed by atoms with van der Waals surface area (Å²) in [6.45, 7) is 0. The largest absolute Gasteiger partial charge is 0.381 e. The van der Waals surface area contributed by atoms with Gasteiger partial charge in [0.15, 0.2) is 0 Å². The molecule has 1 heterocycles. The van der Waals surface area contributed by atoms with E-state index in [0.29, 0.717) is 10.8 Å². The summed E-state index contributed by atoms with van der Waals surface area (Å²) < 4.78 is 5.29. The van der Waals surface area contributed by atoms with Crippen LogP contribution in [-0.4, -0.2) is 37.2 Å². The molecule has 0 saturated heterocycles. The number of amides is 1. The van der Waals surface area contributed by atoms with E-state index < -0.39 is 0 Å². The number of hydrogen-bond acceptors (Lipinski definition) is 4. The molecule has 1 amide bonds. The van der Waals surface area contributed by atoms with E-state index in [0.717, 1.165) is 19.3 Å². The summed E-state index contributed by atoms with van der Waals surface area (Å²) in [5.41, 5.74) is 0.259. The molecule has 1 saturated carbocycles. The van der Waals surface area contributed by atoms with Crippen molar-refractivity contribution in [3.63, 3.8) is 0 Å². The summed E-state index contributed by atoms with van der Waals surface area (Å²) in [6.07, 6.45) is 2.97. The van der Waals surface area contributed by atoms with Crippen LogP contribution >= 0.6 is 11.6 Å². The molecule has 2 atom stereocenters. The number of halogens is 1. The average Bonchev–Trinajstić information content (AvgIpc) is 2.87. The molecule has 0 spiro atoms. The molecule has 1 aliphatic carbocycles. The van der Waals surface area contributed by atoms with Crippen molar-refractivity contribution in [2.45, 2.75) is 31.4 Å². The zero-order valence-corrected chi connectivity index (χ0v) is 11.8. The predicted molar refractivity (Wildman–Crippen MR) is 74.7 cm³/mol. The molecule has 19 heavy (non-hydrogen) atoms. The number of methoxy groups -OCH3 is 1. The Labute approximate surface area is 117 Å². The SMILES string of the molecule is CNc1ccc(Cl)c(C(=O)NC2CCC(OC)C2)n1. The van der Waals surface area contributed by atoms with E-state index >= 15 is 0 Å². The molecule has 104 valence electrons. The fourth-order valence-corrected chi connectivity index (χ4v) is 2.47. The lowest BCUT2D eigenvalue weighted by molar-refractivity contribution is 0.0911. The molecule has 1 aromatic rings. The van der Waals surface area contributed by atoms with E-state index in [2.05, 4.69) is 15.6 Å². The van der Waals surface area contributed by atoms with Gasteiger partial charge in [0.25, 0.3) is 5.91 Å². The molecule has 1 aromatic heterocycles. The van der Waals surface area contributed by atoms with Gasteiger partial charge in [-0.1, -0.05) is 11.6 Å². The van der Waals surface area contributed by atoms with Gasteiger partial charge in [0.05, 0.1) is 11.1 Å². The van der Waals surface area contributed by atoms with E-state index in [9.17, 15) is 4.79 Å². The van der Waals surface area contributed by atoms with Crippen LogP contribution in [0.4, 0.5) is 5.82 Å². The minimum absolute atomic E-state index is 0.133. The maximum absolute atomic E-state index is 12.2. The summed E-state index contributed by atoms with van der Waals surface area (Å²) in [6, 6.07) is 3.53. The van der Waals surface area contributed by atoms with Crippen molar-refractivity contribution >= 4 is 23.3 Å². The highest BCUT2D eigenvalue weighted by molar-refractivity contribution is 6.33. The molecule has 1 fully saturated rings. The van der Waals surface area contributed by atoms with E-state index in [1.54, 1.807) is 26.3 Å². The lowest BCUT2D eigenvalue weighted by atomic mass is 10.2. The summed E-state index contributed by atoms with van der Waals surface area (Å²) >= 11 is 6.01. The Morgan fingerprint density at radius 3 is 2.89 bits per heavy atom. The second-order valence-electron chi connectivity index (χ2n) is 4.62. The highest BCUT2D eigenvalue weighted by Crippen LogP contribution is 2.22. The van der Waals surface area contributed by atoms with Gasteiger partial charge in [-0.3, -0.25) is 4.79 Å². The second kappa shape index (κ2) is 6.21. The number of anilines is 1. The van der Waals surface area contributed by atoms with Crippen molar-refractivity contribution in [1.29, 1.82) is 0 Å². The van der Waals surface area contributed by atoms with Crippen LogP contribution in [0, 0.1) is 0 Å². The summed E-state index contributed by atoms with van der Waals surface area (Å²) in [5, 5.41) is 6.21. The number of hydrogen-bond donors (Lipinski definition) is 2. The first-order valence-corrected chi connectivity index (χ1v) is 6.69. The number of nitrogens with one attached hydrogen (secondary N) is 2. The molecule has 0 aliphatic heterocycles. The molecule has 2 rings (SSSR count). The number of rotatable bonds is 4. The first kappa shape index (κ1) is 14.1. The quantitative estimate of drug-likeness (QED) is 0.888. The standard InChI is InChI=1S/C13H18ClN3O2/c1-15-11-6-5-10(14)12(17-11)13(18)16-8-3-4-9(7-8)19-2/h5-6,8-9H,3-4,7H2,1-2H3,(H,15,17)(H,16,18). The molecule has 0 aromatic carbocycles. The van der Waals surface area contributed by atoms with Crippen molar-refractivity contribution in [2.75, 3.05) is 19.5 Å². The van der Waals surface area contributed by atoms with Crippen molar-refractivity contribution in [1.82, 2.24) is 10.3 Å².